The van der Waals surface area contributed by atoms with Crippen LogP contribution in [0.15, 0.2) is 0 Å². The lowest BCUT2D eigenvalue weighted by atomic mass is 10.0. The summed E-state index contributed by atoms with van der Waals surface area (Å²) >= 11 is 0. The van der Waals surface area contributed by atoms with Gasteiger partial charge >= 0.3 is 11.9 Å². The zero-order valence-corrected chi connectivity index (χ0v) is 17.2. The molecule has 0 saturated heterocycles. The zero-order chi connectivity index (χ0) is 24.3. The molecule has 0 aliphatic heterocycles. The van der Waals surface area contributed by atoms with Crippen LogP contribution in [0, 0.1) is 5.92 Å². The predicted molar refractivity (Wildman–Crippen MR) is 104 cm³/mol. The van der Waals surface area contributed by atoms with Crippen molar-refractivity contribution in [3.8, 4) is 0 Å². The van der Waals surface area contributed by atoms with E-state index in [0.717, 1.165) is 0 Å². The predicted octanol–water partition coefficient (Wildman–Crippen LogP) is -3.76. The van der Waals surface area contributed by atoms with Gasteiger partial charge in [-0.25, -0.2) is 4.79 Å². The highest BCUT2D eigenvalue weighted by Crippen LogP contribution is 2.06. The maximum absolute atomic E-state index is 12.4. The fourth-order valence-electron chi connectivity index (χ4n) is 2.40. The minimum Gasteiger partial charge on any atom is -0.481 e. The van der Waals surface area contributed by atoms with E-state index in [9.17, 15) is 39.0 Å². The quantitative estimate of drug-likeness (QED) is 0.129. The lowest BCUT2D eigenvalue weighted by Crippen LogP contribution is -2.58. The smallest absolute Gasteiger partial charge is 0.326 e. The molecule has 0 aliphatic rings. The van der Waals surface area contributed by atoms with Crippen LogP contribution in [-0.4, -0.2) is 81.7 Å². The van der Waals surface area contributed by atoms with Gasteiger partial charge in [-0.15, -0.1) is 0 Å². The van der Waals surface area contributed by atoms with E-state index in [4.69, 9.17) is 16.6 Å². The second-order valence-electron chi connectivity index (χ2n) is 7.21. The van der Waals surface area contributed by atoms with Crippen molar-refractivity contribution in [2.75, 3.05) is 6.61 Å². The van der Waals surface area contributed by atoms with Gasteiger partial charge in [0.1, 0.15) is 18.1 Å². The minimum absolute atomic E-state index is 0.0785. The van der Waals surface area contributed by atoms with E-state index in [1.54, 1.807) is 13.8 Å². The molecule has 0 aromatic rings. The van der Waals surface area contributed by atoms with Crippen LogP contribution in [0.5, 0.6) is 0 Å². The van der Waals surface area contributed by atoms with Crippen LogP contribution in [0.2, 0.25) is 0 Å². The molecule has 4 amide bonds. The van der Waals surface area contributed by atoms with Gasteiger partial charge < -0.3 is 42.7 Å². The van der Waals surface area contributed by atoms with Gasteiger partial charge in [0.15, 0.2) is 0 Å². The minimum atomic E-state index is -1.62. The summed E-state index contributed by atoms with van der Waals surface area (Å²) in [6.07, 6.45) is -1.34. The molecule has 0 spiro atoms. The average Bonchev–Trinajstić information content (AvgIpc) is 2.62. The molecule has 176 valence electrons. The summed E-state index contributed by atoms with van der Waals surface area (Å²) in [7, 11) is 0. The van der Waals surface area contributed by atoms with Gasteiger partial charge in [-0.2, -0.15) is 0 Å². The van der Waals surface area contributed by atoms with E-state index >= 15 is 0 Å². The van der Waals surface area contributed by atoms with Gasteiger partial charge in [0.25, 0.3) is 0 Å². The molecule has 4 atom stereocenters. The van der Waals surface area contributed by atoms with Gasteiger partial charge in [0.05, 0.1) is 25.5 Å². The summed E-state index contributed by atoms with van der Waals surface area (Å²) in [6.45, 7) is 2.52. The Kier molecular flexibility index (Phi) is 11.7. The molecule has 0 aromatic heterocycles. The Morgan fingerprint density at radius 2 is 1.29 bits per heavy atom. The Labute approximate surface area is 177 Å². The molecule has 0 aromatic carbocycles. The third kappa shape index (κ3) is 10.9. The lowest BCUT2D eigenvalue weighted by Gasteiger charge is -2.24. The number of carbonyl (C=O) groups excluding carboxylic acids is 4. The SMILES string of the molecule is CC(C)CC(NC(=O)C(CC(N)=O)NC(=O)C(CO)NC(=O)C(N)CC(=O)O)C(=O)O. The van der Waals surface area contributed by atoms with Crippen LogP contribution in [0.25, 0.3) is 0 Å². The maximum atomic E-state index is 12.4. The molecule has 0 bridgehead atoms. The van der Waals surface area contributed by atoms with E-state index < -0.39 is 79.2 Å². The average molecular weight is 447 g/mol. The Morgan fingerprint density at radius 1 is 0.806 bits per heavy atom. The van der Waals surface area contributed by atoms with Gasteiger partial charge in [-0.3, -0.25) is 24.0 Å². The summed E-state index contributed by atoms with van der Waals surface area (Å²) in [4.78, 5) is 69.9. The number of amides is 4. The largest absolute Gasteiger partial charge is 0.481 e. The zero-order valence-electron chi connectivity index (χ0n) is 17.2. The molecular weight excluding hydrogens is 418 g/mol. The van der Waals surface area contributed by atoms with Crippen molar-refractivity contribution in [1.29, 1.82) is 0 Å². The summed E-state index contributed by atoms with van der Waals surface area (Å²) < 4.78 is 0. The number of nitrogens with one attached hydrogen (secondary N) is 3. The Bertz CT molecular complexity index is 697. The number of hydrogen-bond donors (Lipinski definition) is 8. The standard InChI is InChI=1S/C17H29N5O9/c1-7(2)3-10(17(30)31)21-15(28)9(5-12(19)24)20-16(29)11(6-23)22-14(27)8(18)4-13(25)26/h7-11,23H,3-6,18H2,1-2H3,(H2,19,24)(H,20,29)(H,21,28)(H,22,27)(H,25,26)(H,30,31). The van der Waals surface area contributed by atoms with Crippen LogP contribution in [0.1, 0.15) is 33.1 Å². The summed E-state index contributed by atoms with van der Waals surface area (Å²) in [5.74, 6) is -6.91. The summed E-state index contributed by atoms with van der Waals surface area (Å²) in [6, 6.07) is -6.00. The third-order valence-corrected chi connectivity index (χ3v) is 3.91. The second-order valence-corrected chi connectivity index (χ2v) is 7.21. The van der Waals surface area contributed by atoms with Crippen LogP contribution in [0.3, 0.4) is 0 Å². The third-order valence-electron chi connectivity index (χ3n) is 3.91. The molecule has 0 rings (SSSR count). The van der Waals surface area contributed by atoms with Gasteiger partial charge in [0.2, 0.25) is 23.6 Å². The van der Waals surface area contributed by atoms with Crippen molar-refractivity contribution in [3.05, 3.63) is 0 Å². The second kappa shape index (κ2) is 13.1. The molecule has 4 unspecified atom stereocenters. The van der Waals surface area contributed by atoms with E-state index in [1.807, 2.05) is 5.32 Å². The number of hydrogen-bond acceptors (Lipinski definition) is 8. The summed E-state index contributed by atoms with van der Waals surface area (Å²) in [5.41, 5.74) is 10.4. The fourth-order valence-corrected chi connectivity index (χ4v) is 2.40. The number of primary amides is 1. The first kappa shape index (κ1) is 27.7. The highest BCUT2D eigenvalue weighted by molar-refractivity contribution is 5.96. The van der Waals surface area contributed by atoms with Crippen molar-refractivity contribution < 1.29 is 44.1 Å². The molecule has 0 aliphatic carbocycles. The lowest BCUT2D eigenvalue weighted by molar-refractivity contribution is -0.143. The first-order valence-electron chi connectivity index (χ1n) is 9.28. The van der Waals surface area contributed by atoms with Gasteiger partial charge in [-0.1, -0.05) is 13.8 Å². The van der Waals surface area contributed by atoms with Crippen LogP contribution >= 0.6 is 0 Å². The van der Waals surface area contributed by atoms with Crippen molar-refractivity contribution in [2.24, 2.45) is 17.4 Å². The van der Waals surface area contributed by atoms with E-state index in [2.05, 4.69) is 10.6 Å². The number of aliphatic carboxylic acids is 2. The van der Waals surface area contributed by atoms with Crippen LogP contribution in [0.4, 0.5) is 0 Å². The van der Waals surface area contributed by atoms with Gasteiger partial charge in [0, 0.05) is 0 Å². The molecular formula is C17H29N5O9. The Balaban J connectivity index is 5.29. The number of aliphatic hydroxyl groups excluding tert-OH is 1. The molecule has 31 heavy (non-hydrogen) atoms. The first-order chi connectivity index (χ1) is 14.3. The highest BCUT2D eigenvalue weighted by atomic mass is 16.4. The first-order valence-corrected chi connectivity index (χ1v) is 9.28. The number of nitrogens with two attached hydrogens (primary N) is 2. The van der Waals surface area contributed by atoms with Gasteiger partial charge in [-0.05, 0) is 12.3 Å². The van der Waals surface area contributed by atoms with Crippen LogP contribution in [-0.2, 0) is 28.8 Å². The molecule has 0 heterocycles. The number of carbonyl (C=O) groups is 6. The summed E-state index contributed by atoms with van der Waals surface area (Å²) in [5, 5.41) is 33.6. The van der Waals surface area contributed by atoms with E-state index in [1.165, 1.54) is 0 Å². The van der Waals surface area contributed by atoms with E-state index in [0.29, 0.717) is 0 Å². The van der Waals surface area contributed by atoms with Crippen LogP contribution < -0.4 is 27.4 Å². The van der Waals surface area contributed by atoms with Crippen molar-refractivity contribution in [3.63, 3.8) is 0 Å². The molecule has 14 heteroatoms. The molecule has 0 saturated carbocycles. The Morgan fingerprint density at radius 3 is 1.71 bits per heavy atom. The van der Waals surface area contributed by atoms with Crippen molar-refractivity contribution >= 4 is 35.6 Å². The molecule has 14 nitrogen and oxygen atoms in total. The number of carboxylic acid groups (broad SMARTS) is 2. The number of aliphatic hydroxyl groups is 1. The highest BCUT2D eigenvalue weighted by Gasteiger charge is 2.31. The monoisotopic (exact) mass is 447 g/mol. The molecule has 0 radical (unpaired) electrons. The maximum Gasteiger partial charge on any atom is 0.326 e. The number of carboxylic acids is 2. The molecule has 10 N–H and O–H groups in total. The number of rotatable bonds is 14. The van der Waals surface area contributed by atoms with E-state index in [-0.39, 0.29) is 12.3 Å². The Hall–Kier alpha value is -3.26. The van der Waals surface area contributed by atoms with Crippen molar-refractivity contribution in [2.45, 2.75) is 57.3 Å². The topological polar surface area (TPSA) is 251 Å². The normalized spacial score (nSPS) is 14.6. The molecule has 0 fully saturated rings. The van der Waals surface area contributed by atoms with Crippen molar-refractivity contribution in [1.82, 2.24) is 16.0 Å². The fraction of sp³-hybridized carbons (Fsp3) is 0.647.